The van der Waals surface area contributed by atoms with E-state index in [0.29, 0.717) is 43.2 Å². The van der Waals surface area contributed by atoms with Crippen LogP contribution in [0.25, 0.3) is 22.1 Å². The first kappa shape index (κ1) is 24.4. The van der Waals surface area contributed by atoms with E-state index in [1.165, 1.54) is 12.1 Å². The number of aromatic hydroxyl groups is 2. The van der Waals surface area contributed by atoms with Crippen LogP contribution in [0.15, 0.2) is 73.1 Å². The molecule has 196 valence electrons. The highest BCUT2D eigenvalue weighted by atomic mass is 19.1. The second-order valence-corrected chi connectivity index (χ2v) is 9.63. The number of hydrogen-bond donors (Lipinski definition) is 3. The second kappa shape index (κ2) is 9.71. The quantitative estimate of drug-likeness (QED) is 0.273. The fraction of sp³-hybridized carbons (Fsp3) is 0.172. The van der Waals surface area contributed by atoms with E-state index in [0.717, 1.165) is 33.4 Å². The Morgan fingerprint density at radius 2 is 1.67 bits per heavy atom. The van der Waals surface area contributed by atoms with Crippen molar-refractivity contribution in [2.45, 2.75) is 33.0 Å². The van der Waals surface area contributed by atoms with Crippen LogP contribution in [-0.4, -0.2) is 34.3 Å². The molecule has 0 saturated carbocycles. The van der Waals surface area contributed by atoms with Crippen LogP contribution in [0, 0.1) is 12.7 Å². The van der Waals surface area contributed by atoms with Crippen LogP contribution in [0.1, 0.15) is 22.5 Å². The van der Waals surface area contributed by atoms with Gasteiger partial charge >= 0.3 is 0 Å². The van der Waals surface area contributed by atoms with Crippen LogP contribution in [0.2, 0.25) is 0 Å². The van der Waals surface area contributed by atoms with Gasteiger partial charge in [-0.25, -0.2) is 9.37 Å². The summed E-state index contributed by atoms with van der Waals surface area (Å²) in [7, 11) is 0. The topological polar surface area (TPSA) is 119 Å². The summed E-state index contributed by atoms with van der Waals surface area (Å²) in [6.45, 7) is 3.26. The molecule has 0 aliphatic rings. The summed E-state index contributed by atoms with van der Waals surface area (Å²) in [5.41, 5.74) is 12.7. The van der Waals surface area contributed by atoms with Gasteiger partial charge in [-0.3, -0.25) is 9.55 Å². The number of aryl methyl sites for hydroxylation is 3. The van der Waals surface area contributed by atoms with Crippen molar-refractivity contribution < 1.29 is 19.2 Å². The first-order chi connectivity index (χ1) is 18.8. The second-order valence-electron chi connectivity index (χ2n) is 9.63. The summed E-state index contributed by atoms with van der Waals surface area (Å²) in [6.07, 6.45) is 4.48. The number of nitrogens with two attached hydrogens (primary N) is 1. The van der Waals surface area contributed by atoms with Crippen LogP contribution < -0.4 is 10.3 Å². The maximum atomic E-state index is 13.2. The molecule has 0 spiro atoms. The smallest absolute Gasteiger partial charge is 0.295 e. The number of nitrogen functional groups attached to an aromatic ring is 1. The minimum atomic E-state index is -0.270. The molecule has 9 nitrogen and oxygen atoms in total. The molecule has 4 heterocycles. The minimum absolute atomic E-state index is 0.0568. The summed E-state index contributed by atoms with van der Waals surface area (Å²) < 4.78 is 18.8. The third kappa shape index (κ3) is 4.84. The lowest BCUT2D eigenvalue weighted by Gasteiger charge is -2.09. The SMILES string of the molecule is Cc1ccc(O)c(Cn2c(N)nc3ccc(C[n+]4ccc5c(c4)nc(O)n5CCc4ccc(F)cc4)cc32)n1. The van der Waals surface area contributed by atoms with Gasteiger partial charge in [0.25, 0.3) is 6.01 Å². The molecule has 6 aromatic rings. The molecule has 0 atom stereocenters. The molecule has 4 N–H and O–H groups in total. The summed E-state index contributed by atoms with van der Waals surface area (Å²) in [6, 6.07) is 17.6. The highest BCUT2D eigenvalue weighted by Gasteiger charge is 2.16. The van der Waals surface area contributed by atoms with Crippen molar-refractivity contribution >= 4 is 28.0 Å². The van der Waals surface area contributed by atoms with E-state index in [1.807, 2.05) is 52.7 Å². The molecule has 6 rings (SSSR count). The third-order valence-electron chi connectivity index (χ3n) is 6.87. The molecule has 0 fully saturated rings. The fourth-order valence-electron chi connectivity index (χ4n) is 4.85. The van der Waals surface area contributed by atoms with E-state index in [9.17, 15) is 14.6 Å². The lowest BCUT2D eigenvalue weighted by molar-refractivity contribution is -0.687. The molecular formula is C29H27FN7O2+. The molecule has 0 saturated heterocycles. The lowest BCUT2D eigenvalue weighted by atomic mass is 10.1. The molecule has 0 aliphatic heterocycles. The lowest BCUT2D eigenvalue weighted by Crippen LogP contribution is -2.33. The molecule has 39 heavy (non-hydrogen) atoms. The van der Waals surface area contributed by atoms with Crippen LogP contribution in [0.3, 0.4) is 0 Å². The van der Waals surface area contributed by atoms with Gasteiger partial charge in [0, 0.05) is 23.9 Å². The van der Waals surface area contributed by atoms with Crippen molar-refractivity contribution in [3.05, 3.63) is 101 Å². The van der Waals surface area contributed by atoms with Gasteiger partial charge in [-0.15, -0.1) is 0 Å². The van der Waals surface area contributed by atoms with E-state index in [4.69, 9.17) is 5.73 Å². The summed E-state index contributed by atoms with van der Waals surface area (Å²) in [5.74, 6) is 0.191. The van der Waals surface area contributed by atoms with E-state index in [1.54, 1.807) is 28.8 Å². The number of imidazole rings is 2. The normalized spacial score (nSPS) is 11.5. The van der Waals surface area contributed by atoms with Crippen molar-refractivity contribution in [3.8, 4) is 11.8 Å². The first-order valence-corrected chi connectivity index (χ1v) is 12.6. The average molecular weight is 525 g/mol. The number of pyridine rings is 2. The molecule has 0 unspecified atom stereocenters. The van der Waals surface area contributed by atoms with Gasteiger partial charge in [-0.05, 0) is 55.3 Å². The zero-order valence-corrected chi connectivity index (χ0v) is 21.3. The Hall–Kier alpha value is -4.99. The minimum Gasteiger partial charge on any atom is -0.506 e. The highest BCUT2D eigenvalue weighted by molar-refractivity contribution is 5.79. The van der Waals surface area contributed by atoms with Gasteiger partial charge in [0.05, 0.1) is 23.1 Å². The number of anilines is 1. The van der Waals surface area contributed by atoms with Gasteiger partial charge in [0.15, 0.2) is 24.5 Å². The third-order valence-corrected chi connectivity index (χ3v) is 6.87. The summed E-state index contributed by atoms with van der Waals surface area (Å²) >= 11 is 0. The molecule has 0 aliphatic carbocycles. The zero-order valence-electron chi connectivity index (χ0n) is 21.3. The van der Waals surface area contributed by atoms with E-state index < -0.39 is 0 Å². The predicted octanol–water partition coefficient (Wildman–Crippen LogP) is 3.85. The maximum Gasteiger partial charge on any atom is 0.295 e. The predicted molar refractivity (Wildman–Crippen MR) is 145 cm³/mol. The monoisotopic (exact) mass is 524 g/mol. The molecule has 4 aromatic heterocycles. The van der Waals surface area contributed by atoms with Crippen LogP contribution in [0.5, 0.6) is 11.8 Å². The van der Waals surface area contributed by atoms with Crippen LogP contribution >= 0.6 is 0 Å². The van der Waals surface area contributed by atoms with Crippen molar-refractivity contribution in [2.24, 2.45) is 0 Å². The van der Waals surface area contributed by atoms with Crippen molar-refractivity contribution in [3.63, 3.8) is 0 Å². The molecule has 0 radical (unpaired) electrons. The van der Waals surface area contributed by atoms with Gasteiger partial charge < -0.3 is 20.5 Å². The van der Waals surface area contributed by atoms with Gasteiger partial charge in [-0.1, -0.05) is 18.2 Å². The first-order valence-electron chi connectivity index (χ1n) is 12.6. The van der Waals surface area contributed by atoms with E-state index in [2.05, 4.69) is 15.0 Å². The van der Waals surface area contributed by atoms with Crippen molar-refractivity contribution in [1.82, 2.24) is 24.1 Å². The summed E-state index contributed by atoms with van der Waals surface area (Å²) in [4.78, 5) is 13.3. The number of rotatable bonds is 7. The number of hydrogen-bond acceptors (Lipinski definition) is 6. The molecular weight excluding hydrogens is 497 g/mol. The fourth-order valence-corrected chi connectivity index (χ4v) is 4.85. The Labute approximate surface area is 223 Å². The molecule has 10 heteroatoms. The van der Waals surface area contributed by atoms with Gasteiger partial charge in [0.1, 0.15) is 17.3 Å². The Balaban J connectivity index is 1.25. The average Bonchev–Trinajstić information content (AvgIpc) is 3.40. The number of fused-ring (bicyclic) bond motifs is 2. The molecule has 0 amide bonds. The number of halogens is 1. The number of benzene rings is 2. The van der Waals surface area contributed by atoms with Crippen molar-refractivity contribution in [1.29, 1.82) is 0 Å². The van der Waals surface area contributed by atoms with Crippen LogP contribution in [0.4, 0.5) is 10.3 Å². The maximum absolute atomic E-state index is 13.2. The molecule has 2 aromatic carbocycles. The number of aromatic nitrogens is 6. The van der Waals surface area contributed by atoms with E-state index in [-0.39, 0.29) is 17.6 Å². The Morgan fingerprint density at radius 3 is 2.49 bits per heavy atom. The standard InChI is InChI=1S/C29H26FN7O2/c1-18-2-9-27(38)24(32-18)17-37-26-14-20(5-8-22(26)33-28(37)31)15-35-12-11-25-23(16-35)34-29(39)36(25)13-10-19-3-6-21(30)7-4-19/h2-9,11-12,14,16H,10,13,15,17H2,1H3,(H3-,31,33,34,38,39)/p+1. The Kier molecular flexibility index (Phi) is 6.07. The van der Waals surface area contributed by atoms with E-state index >= 15 is 0 Å². The highest BCUT2D eigenvalue weighted by Crippen LogP contribution is 2.24. The summed E-state index contributed by atoms with van der Waals surface area (Å²) in [5, 5.41) is 20.8. The molecule has 0 bridgehead atoms. The van der Waals surface area contributed by atoms with Gasteiger partial charge in [-0.2, -0.15) is 9.55 Å². The van der Waals surface area contributed by atoms with Crippen molar-refractivity contribution in [2.75, 3.05) is 5.73 Å². The van der Waals surface area contributed by atoms with Gasteiger partial charge in [0.2, 0.25) is 5.95 Å². The van der Waals surface area contributed by atoms with Crippen LogP contribution in [-0.2, 0) is 26.1 Å². The number of nitrogens with zero attached hydrogens (tertiary/aromatic N) is 6. The Morgan fingerprint density at radius 1 is 0.872 bits per heavy atom. The zero-order chi connectivity index (χ0) is 27.1. The largest absolute Gasteiger partial charge is 0.506 e. The Bertz CT molecular complexity index is 1830.